The summed E-state index contributed by atoms with van der Waals surface area (Å²) in [5, 5.41) is 13.1. The topological polar surface area (TPSA) is 105 Å². The minimum absolute atomic E-state index is 0.0406. The van der Waals surface area contributed by atoms with Gasteiger partial charge in [-0.25, -0.2) is 0 Å². The van der Waals surface area contributed by atoms with Gasteiger partial charge in [0.15, 0.2) is 0 Å². The molecule has 4 rings (SSSR count). The molecule has 1 atom stereocenters. The van der Waals surface area contributed by atoms with E-state index in [9.17, 15) is 14.9 Å². The molecular formula is C26H39N7O3. The number of ether oxygens (including phenoxy) is 1. The Morgan fingerprint density at radius 3 is 2.33 bits per heavy atom. The Labute approximate surface area is 214 Å². The number of carbonyl (C=O) groups is 2. The molecule has 3 saturated heterocycles. The maximum absolute atomic E-state index is 13.6. The Morgan fingerprint density at radius 1 is 1.06 bits per heavy atom. The maximum Gasteiger partial charge on any atom is 0.243 e. The number of nitrogens with zero attached hydrogens (tertiary/aromatic N) is 6. The van der Waals surface area contributed by atoms with Crippen molar-refractivity contribution in [2.45, 2.75) is 32.4 Å². The highest BCUT2D eigenvalue weighted by molar-refractivity contribution is 5.86. The number of hydrogen-bond donors (Lipinski definition) is 1. The van der Waals surface area contributed by atoms with Crippen molar-refractivity contribution < 1.29 is 14.3 Å². The number of pyridine rings is 1. The molecule has 0 radical (unpaired) electrons. The van der Waals surface area contributed by atoms with E-state index < -0.39 is 5.41 Å². The molecule has 1 aromatic heterocycles. The van der Waals surface area contributed by atoms with E-state index in [4.69, 9.17) is 4.74 Å². The molecule has 0 aliphatic carbocycles. The number of nitrogens with one attached hydrogen (secondary N) is 1. The average Bonchev–Trinajstić information content (AvgIpc) is 2.93. The summed E-state index contributed by atoms with van der Waals surface area (Å²) in [6.07, 6.45) is 4.68. The number of aromatic nitrogens is 1. The Bertz CT molecular complexity index is 900. The fraction of sp³-hybridized carbons (Fsp3) is 0.692. The van der Waals surface area contributed by atoms with Crippen LogP contribution in [0.3, 0.4) is 0 Å². The van der Waals surface area contributed by atoms with E-state index in [0.717, 1.165) is 32.7 Å². The zero-order chi connectivity index (χ0) is 25.4. The Kier molecular flexibility index (Phi) is 9.26. The van der Waals surface area contributed by atoms with Gasteiger partial charge in [0.2, 0.25) is 11.8 Å². The predicted octanol–water partition coefficient (Wildman–Crippen LogP) is 0.168. The van der Waals surface area contributed by atoms with Gasteiger partial charge < -0.3 is 15.0 Å². The van der Waals surface area contributed by atoms with E-state index in [-0.39, 0.29) is 17.9 Å². The molecule has 1 N–H and O–H groups in total. The molecule has 196 valence electrons. The first kappa shape index (κ1) is 26.5. The highest BCUT2D eigenvalue weighted by Gasteiger charge is 2.45. The van der Waals surface area contributed by atoms with Crippen molar-refractivity contribution >= 4 is 11.8 Å². The van der Waals surface area contributed by atoms with E-state index in [2.05, 4.69) is 31.1 Å². The van der Waals surface area contributed by atoms with Crippen molar-refractivity contribution in [3.05, 3.63) is 30.1 Å². The molecule has 0 saturated carbocycles. The molecule has 3 aliphatic heterocycles. The molecular weight excluding hydrogens is 458 g/mol. The molecule has 10 nitrogen and oxygen atoms in total. The van der Waals surface area contributed by atoms with Gasteiger partial charge in [-0.2, -0.15) is 5.26 Å². The summed E-state index contributed by atoms with van der Waals surface area (Å²) >= 11 is 0. The van der Waals surface area contributed by atoms with E-state index >= 15 is 0 Å². The second kappa shape index (κ2) is 12.6. The second-order valence-electron chi connectivity index (χ2n) is 9.98. The maximum atomic E-state index is 13.6. The van der Waals surface area contributed by atoms with Crippen LogP contribution in [0.4, 0.5) is 0 Å². The molecule has 0 aromatic carbocycles. The van der Waals surface area contributed by atoms with Gasteiger partial charge in [0.1, 0.15) is 11.5 Å². The minimum atomic E-state index is -0.955. The summed E-state index contributed by atoms with van der Waals surface area (Å²) in [5.74, 6) is -0.00483. The van der Waals surface area contributed by atoms with Crippen molar-refractivity contribution in [2.75, 3.05) is 78.7 Å². The predicted molar refractivity (Wildman–Crippen MR) is 135 cm³/mol. The Balaban J connectivity index is 1.32. The first-order chi connectivity index (χ1) is 17.5. The first-order valence-corrected chi connectivity index (χ1v) is 13.2. The molecule has 1 unspecified atom stereocenters. The van der Waals surface area contributed by atoms with Crippen LogP contribution in [0.15, 0.2) is 24.5 Å². The van der Waals surface area contributed by atoms with Gasteiger partial charge in [0.05, 0.1) is 19.3 Å². The van der Waals surface area contributed by atoms with E-state index in [1.807, 2.05) is 24.0 Å². The molecule has 36 heavy (non-hydrogen) atoms. The number of nitriles is 1. The fourth-order valence-corrected chi connectivity index (χ4v) is 5.44. The van der Waals surface area contributed by atoms with Crippen molar-refractivity contribution in [3.8, 4) is 6.07 Å². The second-order valence-corrected chi connectivity index (χ2v) is 9.98. The lowest BCUT2D eigenvalue weighted by molar-refractivity contribution is -0.144. The van der Waals surface area contributed by atoms with Crippen LogP contribution in [0.1, 0.15) is 25.3 Å². The van der Waals surface area contributed by atoms with Crippen LogP contribution in [0.25, 0.3) is 0 Å². The van der Waals surface area contributed by atoms with Crippen LogP contribution < -0.4 is 5.32 Å². The van der Waals surface area contributed by atoms with Crippen molar-refractivity contribution in [1.82, 2.24) is 29.9 Å². The summed E-state index contributed by atoms with van der Waals surface area (Å²) in [5.41, 5.74) is 0.236. The number of likely N-dealkylation sites (tertiary alicyclic amines) is 1. The van der Waals surface area contributed by atoms with E-state index in [1.54, 1.807) is 12.4 Å². The summed E-state index contributed by atoms with van der Waals surface area (Å²) in [4.78, 5) is 39.2. The van der Waals surface area contributed by atoms with Gasteiger partial charge in [-0.15, -0.1) is 0 Å². The molecule has 0 spiro atoms. The minimum Gasteiger partial charge on any atom is -0.379 e. The van der Waals surface area contributed by atoms with Gasteiger partial charge >= 0.3 is 0 Å². The van der Waals surface area contributed by atoms with Crippen LogP contribution in [0.2, 0.25) is 0 Å². The van der Waals surface area contributed by atoms with Gasteiger partial charge in [-0.1, -0.05) is 0 Å². The largest absolute Gasteiger partial charge is 0.379 e. The number of likely N-dealkylation sites (N-methyl/N-ethyl adjacent to an activating group) is 1. The summed E-state index contributed by atoms with van der Waals surface area (Å²) in [7, 11) is 0. The third kappa shape index (κ3) is 6.40. The third-order valence-corrected chi connectivity index (χ3v) is 7.72. The lowest BCUT2D eigenvalue weighted by atomic mass is 9.78. The lowest BCUT2D eigenvalue weighted by Crippen LogP contribution is -2.61. The van der Waals surface area contributed by atoms with Gasteiger partial charge in [0, 0.05) is 84.4 Å². The Morgan fingerprint density at radius 2 is 1.72 bits per heavy atom. The van der Waals surface area contributed by atoms with Crippen LogP contribution >= 0.6 is 0 Å². The smallest absolute Gasteiger partial charge is 0.243 e. The number of morpholine rings is 1. The average molecular weight is 498 g/mol. The van der Waals surface area contributed by atoms with Crippen LogP contribution in [-0.4, -0.2) is 121 Å². The van der Waals surface area contributed by atoms with Gasteiger partial charge in [-0.3, -0.25) is 29.3 Å². The zero-order valence-electron chi connectivity index (χ0n) is 21.4. The highest BCUT2D eigenvalue weighted by atomic mass is 16.5. The van der Waals surface area contributed by atoms with Crippen LogP contribution in [0.5, 0.6) is 0 Å². The SMILES string of the molecule is CCNC(=O)C(CN1CCOCC1)N1CCN(C(=O)C2(C#N)CCN(Cc3ccncc3)CC2)CC1. The third-order valence-electron chi connectivity index (χ3n) is 7.72. The monoisotopic (exact) mass is 497 g/mol. The number of hydrogen-bond acceptors (Lipinski definition) is 8. The molecule has 2 amide bonds. The number of piperazine rings is 1. The zero-order valence-corrected chi connectivity index (χ0v) is 21.4. The highest BCUT2D eigenvalue weighted by Crippen LogP contribution is 2.34. The summed E-state index contributed by atoms with van der Waals surface area (Å²) < 4.78 is 5.46. The molecule has 3 aliphatic rings. The molecule has 4 heterocycles. The van der Waals surface area contributed by atoms with Crippen molar-refractivity contribution in [2.24, 2.45) is 5.41 Å². The number of amides is 2. The first-order valence-electron chi connectivity index (χ1n) is 13.2. The number of piperidine rings is 1. The molecule has 10 heteroatoms. The fourth-order valence-electron chi connectivity index (χ4n) is 5.44. The van der Waals surface area contributed by atoms with Crippen LogP contribution in [-0.2, 0) is 20.9 Å². The van der Waals surface area contributed by atoms with Gasteiger partial charge in [-0.05, 0) is 37.5 Å². The molecule has 1 aromatic rings. The van der Waals surface area contributed by atoms with Crippen molar-refractivity contribution in [3.63, 3.8) is 0 Å². The van der Waals surface area contributed by atoms with E-state index in [1.165, 1.54) is 5.56 Å². The lowest BCUT2D eigenvalue weighted by Gasteiger charge is -2.44. The van der Waals surface area contributed by atoms with E-state index in [0.29, 0.717) is 65.3 Å². The number of rotatable bonds is 8. The molecule has 3 fully saturated rings. The number of carbonyl (C=O) groups excluding carboxylic acids is 2. The normalized spacial score (nSPS) is 22.5. The van der Waals surface area contributed by atoms with Gasteiger partial charge in [0.25, 0.3) is 0 Å². The van der Waals surface area contributed by atoms with Crippen molar-refractivity contribution in [1.29, 1.82) is 5.26 Å². The quantitative estimate of drug-likeness (QED) is 0.542. The standard InChI is InChI=1S/C26H39N7O3/c1-2-29-24(34)23(20-31-15-17-36-18-16-31)32-11-13-33(14-12-32)25(35)26(21-27)5-9-30(10-6-26)19-22-3-7-28-8-4-22/h3-4,7-8,23H,2,5-6,9-20H2,1H3,(H,29,34). The molecule has 0 bridgehead atoms. The summed E-state index contributed by atoms with van der Waals surface area (Å²) in [6, 6.07) is 6.16. The van der Waals surface area contributed by atoms with Crippen LogP contribution in [0, 0.1) is 16.7 Å². The Hall–Kier alpha value is -2.58. The summed E-state index contributed by atoms with van der Waals surface area (Å²) in [6.45, 7) is 10.9.